The Hall–Kier alpha value is -1.22. The van der Waals surface area contributed by atoms with E-state index < -0.39 is 0 Å². The Labute approximate surface area is 141 Å². The molecule has 5 nitrogen and oxygen atoms in total. The molecule has 0 aliphatic rings. The molecule has 1 aromatic heterocycles. The number of nitrogen functional groups attached to an aromatic ring is 1. The van der Waals surface area contributed by atoms with Gasteiger partial charge in [-0.25, -0.2) is 0 Å². The van der Waals surface area contributed by atoms with E-state index in [0.29, 0.717) is 17.6 Å². The summed E-state index contributed by atoms with van der Waals surface area (Å²) in [4.78, 5) is 8.85. The monoisotopic (exact) mass is 417 g/mol. The number of ether oxygens (including phenoxy) is 2. The van der Waals surface area contributed by atoms with Crippen LogP contribution in [0.25, 0.3) is 0 Å². The van der Waals surface area contributed by atoms with Gasteiger partial charge < -0.3 is 15.2 Å². The second kappa shape index (κ2) is 7.17. The van der Waals surface area contributed by atoms with E-state index in [4.69, 9.17) is 15.2 Å². The van der Waals surface area contributed by atoms with Gasteiger partial charge in [0, 0.05) is 9.26 Å². The highest BCUT2D eigenvalue weighted by atomic mass is 127. The van der Waals surface area contributed by atoms with Crippen LogP contribution in [-0.4, -0.2) is 30.4 Å². The minimum atomic E-state index is -0.0799. The van der Waals surface area contributed by atoms with Crippen LogP contribution in [0.15, 0.2) is 24.3 Å². The standard InChI is InChI=1S/C14H16IN3O2S/c1-19-10-7-11(20-2)18-14(17-10)13(21-3)8-5-4-6-9(15)12(8)16/h4-7,13H,16H2,1-3H3. The number of thioether (sulfide) groups is 1. The molecule has 2 rings (SSSR count). The number of methoxy groups -OCH3 is 2. The van der Waals surface area contributed by atoms with Crippen LogP contribution in [0.3, 0.4) is 0 Å². The van der Waals surface area contributed by atoms with Gasteiger partial charge in [0.1, 0.15) is 0 Å². The summed E-state index contributed by atoms with van der Waals surface area (Å²) in [6.45, 7) is 0. The molecule has 1 aromatic carbocycles. The third-order valence-electron chi connectivity index (χ3n) is 2.95. The first-order valence-corrected chi connectivity index (χ1v) is 8.51. The van der Waals surface area contributed by atoms with Gasteiger partial charge in [0.2, 0.25) is 11.8 Å². The molecule has 0 saturated heterocycles. The number of hydrogen-bond acceptors (Lipinski definition) is 6. The molecular weight excluding hydrogens is 401 g/mol. The van der Waals surface area contributed by atoms with E-state index in [1.807, 2.05) is 24.5 Å². The van der Waals surface area contributed by atoms with Gasteiger partial charge in [0.15, 0.2) is 5.82 Å². The van der Waals surface area contributed by atoms with Gasteiger partial charge in [-0.3, -0.25) is 0 Å². The third kappa shape index (κ3) is 3.52. The lowest BCUT2D eigenvalue weighted by Gasteiger charge is -2.17. The van der Waals surface area contributed by atoms with Crippen molar-refractivity contribution < 1.29 is 9.47 Å². The Balaban J connectivity index is 2.53. The van der Waals surface area contributed by atoms with Gasteiger partial charge in [-0.2, -0.15) is 9.97 Å². The maximum atomic E-state index is 6.20. The van der Waals surface area contributed by atoms with E-state index in [1.54, 1.807) is 32.0 Å². The summed E-state index contributed by atoms with van der Waals surface area (Å²) >= 11 is 3.84. The minimum absolute atomic E-state index is 0.0799. The van der Waals surface area contributed by atoms with Crippen molar-refractivity contribution in [2.24, 2.45) is 0 Å². The first-order valence-electron chi connectivity index (χ1n) is 6.14. The molecule has 1 unspecified atom stereocenters. The summed E-state index contributed by atoms with van der Waals surface area (Å²) in [5.74, 6) is 1.56. The number of rotatable bonds is 5. The zero-order valence-corrected chi connectivity index (χ0v) is 14.9. The maximum absolute atomic E-state index is 6.20. The quantitative estimate of drug-likeness (QED) is 0.596. The highest BCUT2D eigenvalue weighted by molar-refractivity contribution is 14.1. The number of nitrogens with zero attached hydrogens (tertiary/aromatic N) is 2. The van der Waals surface area contributed by atoms with Crippen LogP contribution in [-0.2, 0) is 0 Å². The smallest absolute Gasteiger partial charge is 0.220 e. The summed E-state index contributed by atoms with van der Waals surface area (Å²) in [6, 6.07) is 7.60. The van der Waals surface area contributed by atoms with Crippen LogP contribution in [0, 0.1) is 3.57 Å². The second-order valence-corrected chi connectivity index (χ2v) is 6.27. The summed E-state index contributed by atoms with van der Waals surface area (Å²) in [5, 5.41) is -0.0799. The van der Waals surface area contributed by atoms with Crippen LogP contribution in [0.5, 0.6) is 11.8 Å². The summed E-state index contributed by atoms with van der Waals surface area (Å²) < 4.78 is 11.4. The van der Waals surface area contributed by atoms with Gasteiger partial charge in [-0.15, -0.1) is 11.8 Å². The van der Waals surface area contributed by atoms with Gasteiger partial charge in [0.05, 0.1) is 25.5 Å². The fraction of sp³-hybridized carbons (Fsp3) is 0.286. The Kier molecular flexibility index (Phi) is 5.51. The second-order valence-electron chi connectivity index (χ2n) is 4.17. The molecule has 7 heteroatoms. The molecular formula is C14H16IN3O2S. The average molecular weight is 417 g/mol. The van der Waals surface area contributed by atoms with E-state index in [-0.39, 0.29) is 5.25 Å². The highest BCUT2D eigenvalue weighted by Gasteiger charge is 2.21. The first-order chi connectivity index (χ1) is 10.1. The third-order valence-corrected chi connectivity index (χ3v) is 4.83. The number of nitrogens with two attached hydrogens (primary N) is 1. The normalized spacial score (nSPS) is 12.0. The van der Waals surface area contributed by atoms with E-state index >= 15 is 0 Å². The molecule has 1 heterocycles. The molecule has 0 bridgehead atoms. The van der Waals surface area contributed by atoms with Crippen LogP contribution in [0.1, 0.15) is 16.6 Å². The predicted molar refractivity (Wildman–Crippen MR) is 94.1 cm³/mol. The van der Waals surface area contributed by atoms with Crippen LogP contribution in [0.4, 0.5) is 5.69 Å². The largest absolute Gasteiger partial charge is 0.481 e. The number of halogens is 1. The van der Waals surface area contributed by atoms with E-state index in [1.165, 1.54) is 0 Å². The molecule has 2 aromatic rings. The zero-order chi connectivity index (χ0) is 15.4. The lowest BCUT2D eigenvalue weighted by atomic mass is 10.1. The molecule has 112 valence electrons. The lowest BCUT2D eigenvalue weighted by molar-refractivity contribution is 0.368. The van der Waals surface area contributed by atoms with Gasteiger partial charge in [0.25, 0.3) is 0 Å². The molecule has 0 spiro atoms. The van der Waals surface area contributed by atoms with Crippen LogP contribution < -0.4 is 15.2 Å². The summed E-state index contributed by atoms with van der Waals surface area (Å²) in [6.07, 6.45) is 2.00. The average Bonchev–Trinajstić information content (AvgIpc) is 2.51. The van der Waals surface area contributed by atoms with Crippen molar-refractivity contribution in [3.05, 3.63) is 39.2 Å². The predicted octanol–water partition coefficient (Wildman–Crippen LogP) is 3.13. The molecule has 0 radical (unpaired) electrons. The van der Waals surface area contributed by atoms with Gasteiger partial charge in [-0.05, 0) is 40.5 Å². The molecule has 21 heavy (non-hydrogen) atoms. The zero-order valence-electron chi connectivity index (χ0n) is 12.0. The van der Waals surface area contributed by atoms with Crippen molar-refractivity contribution in [1.82, 2.24) is 9.97 Å². The van der Waals surface area contributed by atoms with Crippen LogP contribution in [0.2, 0.25) is 0 Å². The Morgan fingerprint density at radius 2 is 1.81 bits per heavy atom. The van der Waals surface area contributed by atoms with Crippen molar-refractivity contribution in [2.75, 3.05) is 26.2 Å². The number of aromatic nitrogens is 2. The maximum Gasteiger partial charge on any atom is 0.220 e. The van der Waals surface area contributed by atoms with Gasteiger partial charge >= 0.3 is 0 Å². The molecule has 0 aliphatic heterocycles. The fourth-order valence-electron chi connectivity index (χ4n) is 1.90. The number of anilines is 1. The molecule has 0 fully saturated rings. The fourth-order valence-corrected chi connectivity index (χ4v) is 3.20. The number of para-hydroxylation sites is 1. The van der Waals surface area contributed by atoms with Crippen molar-refractivity contribution in [3.8, 4) is 11.8 Å². The SMILES string of the molecule is COc1cc(OC)nc(C(SC)c2cccc(I)c2N)n1. The Morgan fingerprint density at radius 3 is 2.33 bits per heavy atom. The molecule has 0 aliphatic carbocycles. The molecule has 0 saturated carbocycles. The highest BCUT2D eigenvalue weighted by Crippen LogP contribution is 2.37. The van der Waals surface area contributed by atoms with E-state index in [0.717, 1.165) is 14.8 Å². The summed E-state index contributed by atoms with van der Waals surface area (Å²) in [7, 11) is 3.14. The van der Waals surface area contributed by atoms with Crippen molar-refractivity contribution in [1.29, 1.82) is 0 Å². The minimum Gasteiger partial charge on any atom is -0.481 e. The summed E-state index contributed by atoms with van der Waals surface area (Å²) in [5.41, 5.74) is 7.94. The molecule has 1 atom stereocenters. The van der Waals surface area contributed by atoms with Crippen LogP contribution >= 0.6 is 34.4 Å². The molecule has 2 N–H and O–H groups in total. The number of hydrogen-bond donors (Lipinski definition) is 1. The van der Waals surface area contributed by atoms with Crippen molar-refractivity contribution >= 4 is 40.0 Å². The Morgan fingerprint density at radius 1 is 1.19 bits per heavy atom. The lowest BCUT2D eigenvalue weighted by Crippen LogP contribution is -2.08. The van der Waals surface area contributed by atoms with Crippen molar-refractivity contribution in [3.63, 3.8) is 0 Å². The number of benzene rings is 1. The van der Waals surface area contributed by atoms with E-state index in [2.05, 4.69) is 32.6 Å². The topological polar surface area (TPSA) is 70.3 Å². The van der Waals surface area contributed by atoms with Gasteiger partial charge in [-0.1, -0.05) is 12.1 Å². The van der Waals surface area contributed by atoms with E-state index in [9.17, 15) is 0 Å². The molecule has 0 amide bonds. The van der Waals surface area contributed by atoms with Crippen molar-refractivity contribution in [2.45, 2.75) is 5.25 Å². The Bertz CT molecular complexity index is 617. The first kappa shape index (κ1) is 16.2.